The molecule has 0 atom stereocenters. The van der Waals surface area contributed by atoms with Gasteiger partial charge in [-0.3, -0.25) is 4.79 Å². The van der Waals surface area contributed by atoms with Crippen molar-refractivity contribution in [3.8, 4) is 5.75 Å². The minimum absolute atomic E-state index is 0.286. The highest BCUT2D eigenvalue weighted by Gasteiger charge is 2.19. The molecule has 0 aliphatic rings. The van der Waals surface area contributed by atoms with E-state index in [-0.39, 0.29) is 5.97 Å². The third-order valence-corrected chi connectivity index (χ3v) is 5.31. The van der Waals surface area contributed by atoms with Gasteiger partial charge in [0.2, 0.25) is 0 Å². The molecule has 0 radical (unpaired) electrons. The summed E-state index contributed by atoms with van der Waals surface area (Å²) in [6.07, 6.45) is 1.01. The van der Waals surface area contributed by atoms with Gasteiger partial charge in [0, 0.05) is 14.0 Å². The Labute approximate surface area is 104 Å². The van der Waals surface area contributed by atoms with Gasteiger partial charge in [-0.25, -0.2) is 0 Å². The molecule has 0 saturated carbocycles. The second-order valence-electron chi connectivity index (χ2n) is 4.70. The summed E-state index contributed by atoms with van der Waals surface area (Å²) in [5, 5.41) is 0. The van der Waals surface area contributed by atoms with Crippen molar-refractivity contribution >= 4 is 14.3 Å². The number of hydrogen-bond acceptors (Lipinski definition) is 3. The van der Waals surface area contributed by atoms with Gasteiger partial charge in [-0.15, -0.1) is 0 Å². The number of esters is 1. The lowest BCUT2D eigenvalue weighted by atomic mass is 10.2. The largest absolute Gasteiger partial charge is 0.427 e. The van der Waals surface area contributed by atoms with Gasteiger partial charge in [0.05, 0.1) is 0 Å². The molecule has 0 unspecified atom stereocenters. The number of aryl methyl sites for hydroxylation is 1. The number of hydrogen-bond donors (Lipinski definition) is 0. The summed E-state index contributed by atoms with van der Waals surface area (Å²) < 4.78 is 10.5. The minimum Gasteiger partial charge on any atom is -0.427 e. The molecule has 0 aliphatic carbocycles. The van der Waals surface area contributed by atoms with Gasteiger partial charge >= 0.3 is 5.97 Å². The second kappa shape index (κ2) is 5.98. The quantitative estimate of drug-likeness (QED) is 0.459. The Bertz CT molecular complexity index is 371. The van der Waals surface area contributed by atoms with Crippen molar-refractivity contribution in [3.63, 3.8) is 0 Å². The SMILES string of the molecule is CO[Si](C)(C)CCc1ccc(OC(C)=O)cc1. The fourth-order valence-electron chi connectivity index (χ4n) is 1.44. The Hall–Kier alpha value is -1.13. The van der Waals surface area contributed by atoms with Crippen molar-refractivity contribution < 1.29 is 14.0 Å². The lowest BCUT2D eigenvalue weighted by Gasteiger charge is -2.19. The lowest BCUT2D eigenvalue weighted by molar-refractivity contribution is -0.131. The van der Waals surface area contributed by atoms with Crippen LogP contribution in [0.25, 0.3) is 0 Å². The van der Waals surface area contributed by atoms with Crippen molar-refractivity contribution in [1.29, 1.82) is 0 Å². The molecule has 3 nitrogen and oxygen atoms in total. The molecule has 1 rings (SSSR count). The Morgan fingerprint density at radius 2 is 1.82 bits per heavy atom. The first-order valence-electron chi connectivity index (χ1n) is 5.75. The molecule has 0 aromatic heterocycles. The van der Waals surface area contributed by atoms with Gasteiger partial charge in [-0.05, 0) is 43.3 Å². The van der Waals surface area contributed by atoms with E-state index in [4.69, 9.17) is 9.16 Å². The van der Waals surface area contributed by atoms with Crippen LogP contribution in [0.4, 0.5) is 0 Å². The van der Waals surface area contributed by atoms with Gasteiger partial charge in [0.1, 0.15) is 5.75 Å². The van der Waals surface area contributed by atoms with Crippen molar-refractivity contribution in [1.82, 2.24) is 0 Å². The molecule has 0 saturated heterocycles. The van der Waals surface area contributed by atoms with Gasteiger partial charge in [0.25, 0.3) is 0 Å². The first-order valence-corrected chi connectivity index (χ1v) is 8.87. The van der Waals surface area contributed by atoms with Gasteiger partial charge in [-0.2, -0.15) is 0 Å². The molecule has 0 aliphatic heterocycles. The number of carbonyl (C=O) groups excluding carboxylic acids is 1. The van der Waals surface area contributed by atoms with Gasteiger partial charge < -0.3 is 9.16 Å². The van der Waals surface area contributed by atoms with Crippen LogP contribution in [0.1, 0.15) is 12.5 Å². The summed E-state index contributed by atoms with van der Waals surface area (Å²) in [6.45, 7) is 5.82. The fourth-order valence-corrected chi connectivity index (χ4v) is 2.53. The van der Waals surface area contributed by atoms with E-state index in [2.05, 4.69) is 13.1 Å². The summed E-state index contributed by atoms with van der Waals surface area (Å²) in [5.74, 6) is 0.315. The predicted octanol–water partition coefficient (Wildman–Crippen LogP) is 3.01. The maximum atomic E-state index is 10.8. The van der Waals surface area contributed by atoms with Crippen LogP contribution in [0.5, 0.6) is 5.75 Å². The third kappa shape index (κ3) is 5.15. The Balaban J connectivity index is 2.54. The standard InChI is InChI=1S/C13H20O3Si/c1-11(14)16-13-7-5-12(6-8-13)9-10-17(3,4)15-2/h5-8H,9-10H2,1-4H3. The van der Waals surface area contributed by atoms with Gasteiger partial charge in [0.15, 0.2) is 8.32 Å². The first-order chi connectivity index (χ1) is 7.93. The van der Waals surface area contributed by atoms with Crippen LogP contribution >= 0.6 is 0 Å². The number of rotatable bonds is 5. The van der Waals surface area contributed by atoms with Crippen LogP contribution in [0.2, 0.25) is 19.1 Å². The molecule has 0 amide bonds. The molecule has 0 bridgehead atoms. The zero-order valence-electron chi connectivity index (χ0n) is 10.9. The van der Waals surface area contributed by atoms with E-state index in [9.17, 15) is 4.79 Å². The summed E-state index contributed by atoms with van der Waals surface area (Å²) in [7, 11) is 0.303. The third-order valence-electron chi connectivity index (χ3n) is 2.75. The molecule has 4 heteroatoms. The predicted molar refractivity (Wildman–Crippen MR) is 70.8 cm³/mol. The zero-order valence-corrected chi connectivity index (χ0v) is 11.9. The monoisotopic (exact) mass is 252 g/mol. The Kier molecular flexibility index (Phi) is 4.90. The van der Waals surface area contributed by atoms with Crippen molar-refractivity contribution in [2.45, 2.75) is 32.5 Å². The fraction of sp³-hybridized carbons (Fsp3) is 0.462. The highest BCUT2D eigenvalue weighted by Crippen LogP contribution is 2.17. The van der Waals surface area contributed by atoms with Gasteiger partial charge in [-0.1, -0.05) is 12.1 Å². The van der Waals surface area contributed by atoms with Crippen LogP contribution in [-0.2, 0) is 15.6 Å². The van der Waals surface area contributed by atoms with Crippen molar-refractivity contribution in [3.05, 3.63) is 29.8 Å². The molecule has 1 aromatic rings. The maximum absolute atomic E-state index is 10.8. The minimum atomic E-state index is -1.49. The van der Waals surface area contributed by atoms with E-state index in [0.29, 0.717) is 5.75 Å². The number of benzene rings is 1. The maximum Gasteiger partial charge on any atom is 0.308 e. The highest BCUT2D eigenvalue weighted by molar-refractivity contribution is 6.71. The topological polar surface area (TPSA) is 35.5 Å². The number of ether oxygens (including phenoxy) is 1. The van der Waals surface area contributed by atoms with Crippen LogP contribution in [-0.4, -0.2) is 21.4 Å². The molecule has 94 valence electrons. The average molecular weight is 252 g/mol. The van der Waals surface area contributed by atoms with E-state index in [1.54, 1.807) is 7.11 Å². The van der Waals surface area contributed by atoms with Crippen LogP contribution in [0, 0.1) is 0 Å². The molecule has 0 N–H and O–H groups in total. The smallest absolute Gasteiger partial charge is 0.308 e. The second-order valence-corrected chi connectivity index (χ2v) is 9.13. The van der Waals surface area contributed by atoms with Crippen molar-refractivity contribution in [2.24, 2.45) is 0 Å². The highest BCUT2D eigenvalue weighted by atomic mass is 28.4. The van der Waals surface area contributed by atoms with E-state index in [1.165, 1.54) is 12.5 Å². The van der Waals surface area contributed by atoms with E-state index < -0.39 is 8.32 Å². The summed E-state index contributed by atoms with van der Waals surface area (Å²) >= 11 is 0. The van der Waals surface area contributed by atoms with E-state index in [0.717, 1.165) is 12.5 Å². The molecule has 0 fully saturated rings. The summed E-state index contributed by atoms with van der Waals surface area (Å²) in [4.78, 5) is 10.8. The summed E-state index contributed by atoms with van der Waals surface area (Å²) in [5.41, 5.74) is 1.25. The van der Waals surface area contributed by atoms with E-state index >= 15 is 0 Å². The lowest BCUT2D eigenvalue weighted by Crippen LogP contribution is -2.28. The van der Waals surface area contributed by atoms with Crippen LogP contribution < -0.4 is 4.74 Å². The average Bonchev–Trinajstić information content (AvgIpc) is 2.28. The van der Waals surface area contributed by atoms with E-state index in [1.807, 2.05) is 24.3 Å². The zero-order chi connectivity index (χ0) is 12.9. The number of carbonyl (C=O) groups is 1. The van der Waals surface area contributed by atoms with Crippen molar-refractivity contribution in [2.75, 3.05) is 7.11 Å². The normalized spacial score (nSPS) is 11.3. The molecular weight excluding hydrogens is 232 g/mol. The Morgan fingerprint density at radius 3 is 2.29 bits per heavy atom. The molecule has 0 spiro atoms. The summed E-state index contributed by atoms with van der Waals surface area (Å²) in [6, 6.07) is 8.75. The molecule has 1 aromatic carbocycles. The molecular formula is C13H20O3Si. The first kappa shape index (κ1) is 13.9. The van der Waals surface area contributed by atoms with Crippen LogP contribution in [0.15, 0.2) is 24.3 Å². The Morgan fingerprint density at radius 1 is 1.24 bits per heavy atom. The molecule has 0 heterocycles. The van der Waals surface area contributed by atoms with Crippen LogP contribution in [0.3, 0.4) is 0 Å². The molecule has 17 heavy (non-hydrogen) atoms.